The van der Waals surface area contributed by atoms with Crippen LogP contribution in [0, 0.1) is 12.7 Å². The van der Waals surface area contributed by atoms with Gasteiger partial charge in [-0.25, -0.2) is 12.8 Å². The molecule has 0 aliphatic rings. The zero-order valence-corrected chi connectivity index (χ0v) is 21.3. The normalized spacial score (nSPS) is 12.0. The Hall–Kier alpha value is -3.72. The maximum atomic E-state index is 13.7. The van der Waals surface area contributed by atoms with Crippen molar-refractivity contribution in [2.45, 2.75) is 38.3 Å². The Morgan fingerprint density at radius 1 is 0.972 bits per heavy atom. The summed E-state index contributed by atoms with van der Waals surface area (Å²) < 4.78 is 41.8. The van der Waals surface area contributed by atoms with Gasteiger partial charge in [-0.15, -0.1) is 0 Å². The smallest absolute Gasteiger partial charge is 0.264 e. The van der Waals surface area contributed by atoms with Crippen molar-refractivity contribution in [2.24, 2.45) is 0 Å². The molecule has 0 aliphatic carbocycles. The van der Waals surface area contributed by atoms with E-state index in [0.717, 1.165) is 9.87 Å². The lowest BCUT2D eigenvalue weighted by Crippen LogP contribution is -2.51. The van der Waals surface area contributed by atoms with Crippen molar-refractivity contribution in [1.82, 2.24) is 10.2 Å². The number of nitrogens with zero attached hydrogens (tertiary/aromatic N) is 2. The molecule has 9 heteroatoms. The maximum absolute atomic E-state index is 13.7. The van der Waals surface area contributed by atoms with Crippen molar-refractivity contribution in [3.05, 3.63) is 95.8 Å². The molecule has 0 radical (unpaired) electrons. The molecule has 0 spiro atoms. The second kappa shape index (κ2) is 11.8. The van der Waals surface area contributed by atoms with Gasteiger partial charge in [-0.1, -0.05) is 42.5 Å². The van der Waals surface area contributed by atoms with Crippen molar-refractivity contribution in [1.29, 1.82) is 0 Å². The molecule has 0 unspecified atom stereocenters. The van der Waals surface area contributed by atoms with E-state index in [1.165, 1.54) is 41.3 Å². The van der Waals surface area contributed by atoms with E-state index in [-0.39, 0.29) is 17.3 Å². The maximum Gasteiger partial charge on any atom is 0.264 e. The third kappa shape index (κ3) is 6.48. The van der Waals surface area contributed by atoms with Crippen LogP contribution in [0.2, 0.25) is 0 Å². The second-order valence-corrected chi connectivity index (χ2v) is 10.2. The highest BCUT2D eigenvalue weighted by Crippen LogP contribution is 2.25. The number of carbonyl (C=O) groups excluding carboxylic acids is 2. The average Bonchev–Trinajstić information content (AvgIpc) is 2.87. The van der Waals surface area contributed by atoms with Crippen molar-refractivity contribution in [2.75, 3.05) is 17.4 Å². The number of rotatable bonds is 10. The number of halogens is 1. The molecule has 3 rings (SSSR count). The number of likely N-dealkylation sites (N-methyl/N-ethyl adjacent to an activating group) is 1. The predicted molar refractivity (Wildman–Crippen MR) is 137 cm³/mol. The fraction of sp³-hybridized carbons (Fsp3) is 0.259. The summed E-state index contributed by atoms with van der Waals surface area (Å²) in [6, 6.07) is 19.4. The van der Waals surface area contributed by atoms with Gasteiger partial charge in [0.25, 0.3) is 10.0 Å². The molecule has 0 aromatic heterocycles. The topological polar surface area (TPSA) is 86.8 Å². The van der Waals surface area contributed by atoms with Crippen LogP contribution in [-0.2, 0) is 26.2 Å². The van der Waals surface area contributed by atoms with E-state index in [9.17, 15) is 22.4 Å². The van der Waals surface area contributed by atoms with Gasteiger partial charge in [0.2, 0.25) is 11.8 Å². The van der Waals surface area contributed by atoms with Gasteiger partial charge in [-0.05, 0) is 68.3 Å². The van der Waals surface area contributed by atoms with Gasteiger partial charge in [-0.2, -0.15) is 0 Å². The molecule has 190 valence electrons. The number of amides is 2. The van der Waals surface area contributed by atoms with E-state index in [1.807, 2.05) is 13.0 Å². The Kier molecular flexibility index (Phi) is 8.82. The summed E-state index contributed by atoms with van der Waals surface area (Å²) in [5, 5.41) is 2.70. The van der Waals surface area contributed by atoms with Gasteiger partial charge >= 0.3 is 0 Å². The van der Waals surface area contributed by atoms with E-state index in [2.05, 4.69) is 5.32 Å². The first-order valence-corrected chi connectivity index (χ1v) is 13.0. The highest BCUT2D eigenvalue weighted by Gasteiger charge is 2.32. The fourth-order valence-corrected chi connectivity index (χ4v) is 5.15. The average molecular weight is 512 g/mol. The molecule has 36 heavy (non-hydrogen) atoms. The van der Waals surface area contributed by atoms with Crippen molar-refractivity contribution >= 4 is 27.5 Å². The van der Waals surface area contributed by atoms with E-state index in [0.29, 0.717) is 17.8 Å². The summed E-state index contributed by atoms with van der Waals surface area (Å²) >= 11 is 0. The zero-order valence-electron chi connectivity index (χ0n) is 20.5. The van der Waals surface area contributed by atoms with E-state index in [1.54, 1.807) is 50.2 Å². The van der Waals surface area contributed by atoms with Crippen molar-refractivity contribution in [3.63, 3.8) is 0 Å². The quantitative estimate of drug-likeness (QED) is 0.448. The van der Waals surface area contributed by atoms with Crippen LogP contribution < -0.4 is 9.62 Å². The van der Waals surface area contributed by atoms with Gasteiger partial charge in [0.1, 0.15) is 18.4 Å². The number of benzene rings is 3. The van der Waals surface area contributed by atoms with Crippen LogP contribution in [0.5, 0.6) is 0 Å². The lowest BCUT2D eigenvalue weighted by atomic mass is 10.1. The van der Waals surface area contributed by atoms with Crippen LogP contribution in [0.1, 0.15) is 25.0 Å². The molecule has 0 saturated heterocycles. The first kappa shape index (κ1) is 26.9. The molecule has 0 bridgehead atoms. The van der Waals surface area contributed by atoms with Crippen LogP contribution in [0.15, 0.2) is 83.8 Å². The highest BCUT2D eigenvalue weighted by molar-refractivity contribution is 7.92. The molecule has 3 aromatic carbocycles. The molecule has 2 amide bonds. The van der Waals surface area contributed by atoms with Gasteiger partial charge < -0.3 is 10.2 Å². The third-order valence-corrected chi connectivity index (χ3v) is 7.47. The largest absolute Gasteiger partial charge is 0.355 e. The van der Waals surface area contributed by atoms with Crippen LogP contribution in [0.4, 0.5) is 10.1 Å². The number of nitrogens with one attached hydrogen (secondary N) is 1. The first-order chi connectivity index (χ1) is 17.1. The Labute approximate surface area is 211 Å². The number of hydrogen-bond acceptors (Lipinski definition) is 4. The van der Waals surface area contributed by atoms with Crippen molar-refractivity contribution in [3.8, 4) is 0 Å². The Bertz CT molecular complexity index is 1300. The Morgan fingerprint density at radius 2 is 1.64 bits per heavy atom. The summed E-state index contributed by atoms with van der Waals surface area (Å²) in [4.78, 5) is 27.7. The molecular weight excluding hydrogens is 481 g/mol. The SMILES string of the molecule is CCNC(=O)[C@H](C)N(Cc1ccc(F)cc1)C(=O)CN(c1cccc(C)c1)S(=O)(=O)c1ccccc1. The van der Waals surface area contributed by atoms with Gasteiger partial charge in [-0.3, -0.25) is 13.9 Å². The molecule has 7 nitrogen and oxygen atoms in total. The molecule has 0 aliphatic heterocycles. The standard InChI is InChI=1S/C27H30FN3O4S/c1-4-29-27(33)21(3)30(18-22-13-15-23(28)16-14-22)26(32)19-31(24-10-8-9-20(2)17-24)36(34,35)25-11-6-5-7-12-25/h5-17,21H,4,18-19H2,1-3H3,(H,29,33)/t21-/m0/s1. The highest BCUT2D eigenvalue weighted by atomic mass is 32.2. The van der Waals surface area contributed by atoms with Gasteiger partial charge in [0.15, 0.2) is 0 Å². The Balaban J connectivity index is 2.01. The van der Waals surface area contributed by atoms with Crippen LogP contribution in [0.25, 0.3) is 0 Å². The minimum Gasteiger partial charge on any atom is -0.355 e. The lowest BCUT2D eigenvalue weighted by molar-refractivity contribution is -0.139. The van der Waals surface area contributed by atoms with Gasteiger partial charge in [0, 0.05) is 13.1 Å². The molecule has 0 heterocycles. The molecular formula is C27H30FN3O4S. The number of aryl methyl sites for hydroxylation is 1. The van der Waals surface area contributed by atoms with Crippen LogP contribution >= 0.6 is 0 Å². The zero-order chi connectivity index (χ0) is 26.3. The van der Waals surface area contributed by atoms with E-state index >= 15 is 0 Å². The molecule has 1 atom stereocenters. The summed E-state index contributed by atoms with van der Waals surface area (Å²) in [5.41, 5.74) is 1.76. The molecule has 0 fully saturated rings. The first-order valence-electron chi connectivity index (χ1n) is 11.6. The minimum absolute atomic E-state index is 0.00442. The number of sulfonamides is 1. The van der Waals surface area contributed by atoms with E-state index in [4.69, 9.17) is 0 Å². The van der Waals surface area contributed by atoms with E-state index < -0.39 is 34.3 Å². The summed E-state index contributed by atoms with van der Waals surface area (Å²) in [7, 11) is -4.10. The number of hydrogen-bond donors (Lipinski definition) is 1. The lowest BCUT2D eigenvalue weighted by Gasteiger charge is -2.32. The van der Waals surface area contributed by atoms with Gasteiger partial charge in [0.05, 0.1) is 10.6 Å². The number of anilines is 1. The third-order valence-electron chi connectivity index (χ3n) is 5.68. The molecule has 1 N–H and O–H groups in total. The number of carbonyl (C=O) groups is 2. The Morgan fingerprint density at radius 3 is 2.25 bits per heavy atom. The molecule has 3 aromatic rings. The summed E-state index contributed by atoms with van der Waals surface area (Å²) in [5.74, 6) is -1.37. The monoisotopic (exact) mass is 511 g/mol. The summed E-state index contributed by atoms with van der Waals surface area (Å²) in [6.45, 7) is 5.03. The van der Waals surface area contributed by atoms with Crippen molar-refractivity contribution < 1.29 is 22.4 Å². The predicted octanol–water partition coefficient (Wildman–Crippen LogP) is 3.88. The van der Waals surface area contributed by atoms with Crippen LogP contribution in [-0.4, -0.2) is 44.3 Å². The second-order valence-electron chi connectivity index (χ2n) is 8.38. The minimum atomic E-state index is -4.10. The molecule has 0 saturated carbocycles. The van der Waals surface area contributed by atoms with Crippen LogP contribution in [0.3, 0.4) is 0 Å². The fourth-order valence-electron chi connectivity index (χ4n) is 3.72. The summed E-state index contributed by atoms with van der Waals surface area (Å²) in [6.07, 6.45) is 0.